The van der Waals surface area contributed by atoms with Gasteiger partial charge >= 0.3 is 0 Å². The Morgan fingerprint density at radius 2 is 2.13 bits per heavy atom. The van der Waals surface area contributed by atoms with Crippen LogP contribution >= 0.6 is 0 Å². The Kier molecular flexibility index (Phi) is 6.09. The van der Waals surface area contributed by atoms with Gasteiger partial charge in [0.25, 0.3) is 0 Å². The van der Waals surface area contributed by atoms with Crippen molar-refractivity contribution in [3.63, 3.8) is 0 Å². The second kappa shape index (κ2) is 6.81. The molecule has 0 aromatic heterocycles. The van der Waals surface area contributed by atoms with Crippen molar-refractivity contribution in [2.75, 3.05) is 13.6 Å². The molecule has 0 aliphatic carbocycles. The van der Waals surface area contributed by atoms with Gasteiger partial charge in [0, 0.05) is 26.9 Å². The first-order valence-electron chi connectivity index (χ1n) is 4.81. The fourth-order valence-electron chi connectivity index (χ4n) is 0.991. The van der Waals surface area contributed by atoms with Gasteiger partial charge in [-0.15, -0.1) is 0 Å². The van der Waals surface area contributed by atoms with Gasteiger partial charge in [-0.05, 0) is 18.8 Å². The first kappa shape index (κ1) is 13.4. The summed E-state index contributed by atoms with van der Waals surface area (Å²) in [7, 11) is 1.66. The molecular formula is C11H18N2O2. The number of likely N-dealkylation sites (tertiary alicyclic amines) is 1. The molecule has 1 fully saturated rings. The van der Waals surface area contributed by atoms with Crippen molar-refractivity contribution in [1.82, 2.24) is 9.80 Å². The molecule has 0 bridgehead atoms. The summed E-state index contributed by atoms with van der Waals surface area (Å²) in [5.41, 5.74) is 0. The SMILES string of the molecule is C=CN(C)C(C)=O.C=CN1CCCC1=O. The third-order valence-corrected chi connectivity index (χ3v) is 2.10. The van der Waals surface area contributed by atoms with Crippen LogP contribution in [0.25, 0.3) is 0 Å². The third-order valence-electron chi connectivity index (χ3n) is 2.10. The molecule has 0 spiro atoms. The number of carbonyl (C=O) groups is 2. The summed E-state index contributed by atoms with van der Waals surface area (Å²) in [5, 5.41) is 0. The lowest BCUT2D eigenvalue weighted by atomic mass is 10.4. The van der Waals surface area contributed by atoms with E-state index in [-0.39, 0.29) is 11.8 Å². The number of rotatable bonds is 2. The molecule has 15 heavy (non-hydrogen) atoms. The largest absolute Gasteiger partial charge is 0.323 e. The average molecular weight is 210 g/mol. The molecule has 4 nitrogen and oxygen atoms in total. The molecule has 1 rings (SSSR count). The summed E-state index contributed by atoms with van der Waals surface area (Å²) in [6.07, 6.45) is 4.76. The maximum atomic E-state index is 10.7. The Morgan fingerprint density at radius 3 is 2.27 bits per heavy atom. The molecule has 1 heterocycles. The summed E-state index contributed by atoms with van der Waals surface area (Å²) >= 11 is 0. The van der Waals surface area contributed by atoms with Crippen LogP contribution in [0.1, 0.15) is 19.8 Å². The standard InChI is InChI=1S/C6H9NO.C5H9NO/c1-2-7-5-3-4-6(7)8;1-4-6(3)5(2)7/h2H,1,3-5H2;4H,1H2,2-3H3. The minimum Gasteiger partial charge on any atom is -0.323 e. The number of nitrogens with zero attached hydrogens (tertiary/aromatic N) is 2. The van der Waals surface area contributed by atoms with Gasteiger partial charge in [-0.1, -0.05) is 13.2 Å². The smallest absolute Gasteiger partial charge is 0.226 e. The molecule has 0 aromatic carbocycles. The molecule has 1 aliphatic heterocycles. The van der Waals surface area contributed by atoms with E-state index in [1.807, 2.05) is 0 Å². The molecule has 2 amide bonds. The second-order valence-electron chi connectivity index (χ2n) is 3.19. The van der Waals surface area contributed by atoms with Gasteiger partial charge in [0.1, 0.15) is 0 Å². The van der Waals surface area contributed by atoms with Crippen molar-refractivity contribution >= 4 is 11.8 Å². The highest BCUT2D eigenvalue weighted by Crippen LogP contribution is 2.08. The van der Waals surface area contributed by atoms with Gasteiger partial charge in [0.15, 0.2) is 0 Å². The van der Waals surface area contributed by atoms with Crippen molar-refractivity contribution in [3.05, 3.63) is 25.6 Å². The summed E-state index contributed by atoms with van der Waals surface area (Å²) < 4.78 is 0. The fourth-order valence-corrected chi connectivity index (χ4v) is 0.991. The van der Waals surface area contributed by atoms with Crippen molar-refractivity contribution < 1.29 is 9.59 Å². The minimum absolute atomic E-state index is 0.00926. The van der Waals surface area contributed by atoms with E-state index in [0.29, 0.717) is 6.42 Å². The molecule has 0 unspecified atom stereocenters. The maximum Gasteiger partial charge on any atom is 0.226 e. The normalized spacial score (nSPS) is 14.0. The average Bonchev–Trinajstić information content (AvgIpc) is 2.63. The quantitative estimate of drug-likeness (QED) is 0.690. The van der Waals surface area contributed by atoms with E-state index >= 15 is 0 Å². The summed E-state index contributed by atoms with van der Waals surface area (Å²) in [6, 6.07) is 0. The van der Waals surface area contributed by atoms with E-state index in [0.717, 1.165) is 13.0 Å². The lowest BCUT2D eigenvalue weighted by Crippen LogP contribution is -2.16. The van der Waals surface area contributed by atoms with Crippen molar-refractivity contribution in [2.45, 2.75) is 19.8 Å². The zero-order chi connectivity index (χ0) is 11.8. The van der Waals surface area contributed by atoms with E-state index in [1.54, 1.807) is 18.1 Å². The molecule has 0 radical (unpaired) electrons. The number of hydrogen-bond acceptors (Lipinski definition) is 2. The van der Waals surface area contributed by atoms with Crippen LogP contribution in [0.3, 0.4) is 0 Å². The van der Waals surface area contributed by atoms with Crippen LogP contribution in [-0.2, 0) is 9.59 Å². The van der Waals surface area contributed by atoms with Gasteiger partial charge in [0.2, 0.25) is 11.8 Å². The topological polar surface area (TPSA) is 40.6 Å². The summed E-state index contributed by atoms with van der Waals surface area (Å²) in [4.78, 5) is 24.0. The maximum absolute atomic E-state index is 10.7. The van der Waals surface area contributed by atoms with Gasteiger partial charge in [-0.3, -0.25) is 9.59 Å². The monoisotopic (exact) mass is 210 g/mol. The van der Waals surface area contributed by atoms with E-state index in [4.69, 9.17) is 0 Å². The van der Waals surface area contributed by atoms with Gasteiger partial charge in [-0.2, -0.15) is 0 Å². The molecule has 0 aromatic rings. The van der Waals surface area contributed by atoms with Crippen molar-refractivity contribution in [1.29, 1.82) is 0 Å². The summed E-state index contributed by atoms with van der Waals surface area (Å²) in [6.45, 7) is 9.24. The Balaban J connectivity index is 0.000000265. The predicted octanol–water partition coefficient (Wildman–Crippen LogP) is 1.36. The molecule has 1 aliphatic rings. The third kappa shape index (κ3) is 5.00. The van der Waals surface area contributed by atoms with Crippen LogP contribution in [0.5, 0.6) is 0 Å². The first-order valence-corrected chi connectivity index (χ1v) is 4.81. The zero-order valence-electron chi connectivity index (χ0n) is 9.40. The van der Waals surface area contributed by atoms with Crippen molar-refractivity contribution in [2.24, 2.45) is 0 Å². The Bertz CT molecular complexity index is 261. The highest BCUT2D eigenvalue weighted by molar-refractivity contribution is 5.78. The van der Waals surface area contributed by atoms with Gasteiger partial charge < -0.3 is 9.80 Å². The van der Waals surface area contributed by atoms with Crippen LogP contribution in [0.4, 0.5) is 0 Å². The highest BCUT2D eigenvalue weighted by Gasteiger charge is 2.15. The van der Waals surface area contributed by atoms with Gasteiger partial charge in [0.05, 0.1) is 0 Å². The van der Waals surface area contributed by atoms with E-state index in [1.165, 1.54) is 18.0 Å². The Hall–Kier alpha value is -1.58. The fraction of sp³-hybridized carbons (Fsp3) is 0.455. The van der Waals surface area contributed by atoms with Crippen LogP contribution in [0.2, 0.25) is 0 Å². The molecule has 1 saturated heterocycles. The van der Waals surface area contributed by atoms with Crippen LogP contribution in [-0.4, -0.2) is 35.2 Å². The summed E-state index contributed by atoms with van der Waals surface area (Å²) in [5.74, 6) is 0.218. The van der Waals surface area contributed by atoms with Crippen LogP contribution in [0, 0.1) is 0 Å². The van der Waals surface area contributed by atoms with Crippen LogP contribution < -0.4 is 0 Å². The molecular weight excluding hydrogens is 192 g/mol. The highest BCUT2D eigenvalue weighted by atomic mass is 16.2. The van der Waals surface area contributed by atoms with Gasteiger partial charge in [-0.25, -0.2) is 0 Å². The number of hydrogen-bond donors (Lipinski definition) is 0. The molecule has 0 atom stereocenters. The molecule has 0 N–H and O–H groups in total. The zero-order valence-corrected chi connectivity index (χ0v) is 9.40. The molecule has 0 saturated carbocycles. The Labute approximate surface area is 90.9 Å². The van der Waals surface area contributed by atoms with Crippen LogP contribution in [0.15, 0.2) is 25.6 Å². The lowest BCUT2D eigenvalue weighted by Gasteiger charge is -2.05. The van der Waals surface area contributed by atoms with E-state index in [2.05, 4.69) is 13.2 Å². The van der Waals surface area contributed by atoms with Crippen molar-refractivity contribution in [3.8, 4) is 0 Å². The first-order chi connectivity index (χ1) is 7.02. The number of carbonyl (C=O) groups excluding carboxylic acids is 2. The van der Waals surface area contributed by atoms with E-state index < -0.39 is 0 Å². The Morgan fingerprint density at radius 1 is 1.53 bits per heavy atom. The molecule has 84 valence electrons. The number of amides is 2. The lowest BCUT2D eigenvalue weighted by molar-refractivity contribution is -0.126. The molecule has 4 heteroatoms. The second-order valence-corrected chi connectivity index (χ2v) is 3.19. The minimum atomic E-state index is 0.00926. The predicted molar refractivity (Wildman–Crippen MR) is 59.8 cm³/mol. The van der Waals surface area contributed by atoms with E-state index in [9.17, 15) is 9.59 Å².